The van der Waals surface area contributed by atoms with Gasteiger partial charge in [-0.3, -0.25) is 4.79 Å². The van der Waals surface area contributed by atoms with E-state index in [2.05, 4.69) is 10.2 Å². The molecule has 172 valence electrons. The smallest absolute Gasteiger partial charge is 0.243 e. The number of benzene rings is 2. The van der Waals surface area contributed by atoms with Gasteiger partial charge in [0.15, 0.2) is 0 Å². The zero-order valence-electron chi connectivity index (χ0n) is 17.5. The molecule has 0 saturated carbocycles. The average molecular weight is 498 g/mol. The molecule has 2 fully saturated rings. The highest BCUT2D eigenvalue weighted by Crippen LogP contribution is 2.33. The van der Waals surface area contributed by atoms with Crippen LogP contribution in [-0.4, -0.2) is 58.0 Å². The van der Waals surface area contributed by atoms with Crippen molar-refractivity contribution in [3.63, 3.8) is 0 Å². The first-order chi connectivity index (χ1) is 15.4. The summed E-state index contributed by atoms with van der Waals surface area (Å²) in [7, 11) is -3.69. The number of anilines is 2. The Kier molecular flexibility index (Phi) is 7.27. The van der Waals surface area contributed by atoms with Crippen LogP contribution in [0.2, 0.25) is 10.0 Å². The van der Waals surface area contributed by atoms with Crippen LogP contribution in [0.25, 0.3) is 0 Å². The van der Waals surface area contributed by atoms with Crippen molar-refractivity contribution in [1.82, 2.24) is 4.31 Å². The number of ether oxygens (including phenoxy) is 1. The fourth-order valence-corrected chi connectivity index (χ4v) is 5.97. The maximum absolute atomic E-state index is 13.1. The number of hydrogen-bond acceptors (Lipinski definition) is 5. The number of carbonyl (C=O) groups is 1. The van der Waals surface area contributed by atoms with Crippen molar-refractivity contribution in [3.05, 3.63) is 52.0 Å². The molecule has 2 aliphatic rings. The third kappa shape index (κ3) is 5.05. The van der Waals surface area contributed by atoms with E-state index in [4.69, 9.17) is 27.9 Å². The van der Waals surface area contributed by atoms with Gasteiger partial charge in [0.05, 0.1) is 35.9 Å². The topological polar surface area (TPSA) is 79.0 Å². The minimum Gasteiger partial charge on any atom is -0.379 e. The molecule has 4 rings (SSSR count). The molecule has 0 radical (unpaired) electrons. The largest absolute Gasteiger partial charge is 0.379 e. The summed E-state index contributed by atoms with van der Waals surface area (Å²) in [6.45, 7) is 3.07. The third-order valence-electron chi connectivity index (χ3n) is 5.70. The molecule has 2 heterocycles. The monoisotopic (exact) mass is 497 g/mol. The molecule has 2 saturated heterocycles. The van der Waals surface area contributed by atoms with Gasteiger partial charge in [0, 0.05) is 36.2 Å². The molecular formula is C22H25Cl2N3O4S. The van der Waals surface area contributed by atoms with Gasteiger partial charge in [-0.05, 0) is 48.7 Å². The van der Waals surface area contributed by atoms with E-state index in [1.807, 2.05) is 0 Å². The number of carbonyl (C=O) groups excluding carboxylic acids is 1. The van der Waals surface area contributed by atoms with Crippen molar-refractivity contribution < 1.29 is 17.9 Å². The van der Waals surface area contributed by atoms with Crippen molar-refractivity contribution in [2.45, 2.75) is 24.2 Å². The number of nitrogens with one attached hydrogen (secondary N) is 1. The Hall–Kier alpha value is -1.84. The number of rotatable bonds is 6. The average Bonchev–Trinajstić information content (AvgIpc) is 3.32. The Morgan fingerprint density at radius 1 is 1.00 bits per heavy atom. The number of hydrogen-bond donors (Lipinski definition) is 1. The molecule has 7 nitrogen and oxygen atoms in total. The number of morpholine rings is 1. The summed E-state index contributed by atoms with van der Waals surface area (Å²) < 4.78 is 33.0. The first-order valence-electron chi connectivity index (χ1n) is 10.6. The molecule has 0 unspecified atom stereocenters. The number of nitrogens with zero attached hydrogens (tertiary/aromatic N) is 2. The molecule has 2 aliphatic heterocycles. The highest BCUT2D eigenvalue weighted by atomic mass is 35.5. The van der Waals surface area contributed by atoms with Crippen LogP contribution in [0, 0.1) is 0 Å². The van der Waals surface area contributed by atoms with Crippen molar-refractivity contribution in [1.29, 1.82) is 0 Å². The van der Waals surface area contributed by atoms with Crippen molar-refractivity contribution >= 4 is 50.5 Å². The fourth-order valence-electron chi connectivity index (χ4n) is 4.00. The maximum Gasteiger partial charge on any atom is 0.243 e. The SMILES string of the molecule is O=C(Cc1c(Cl)cccc1Cl)Nc1cc(S(=O)(=O)N2CCOCC2)ccc1N1CCCC1. The quantitative estimate of drug-likeness (QED) is 0.656. The van der Waals surface area contributed by atoms with E-state index in [0.717, 1.165) is 31.6 Å². The number of halogens is 2. The molecule has 0 aromatic heterocycles. The number of sulfonamides is 1. The Morgan fingerprint density at radius 2 is 1.66 bits per heavy atom. The van der Waals surface area contributed by atoms with E-state index in [1.165, 1.54) is 4.31 Å². The lowest BCUT2D eigenvalue weighted by atomic mass is 10.1. The summed E-state index contributed by atoms with van der Waals surface area (Å²) in [4.78, 5) is 15.2. The van der Waals surface area contributed by atoms with Gasteiger partial charge >= 0.3 is 0 Å². The molecular weight excluding hydrogens is 473 g/mol. The highest BCUT2D eigenvalue weighted by molar-refractivity contribution is 7.89. The Labute approximate surface area is 198 Å². The van der Waals surface area contributed by atoms with Gasteiger partial charge in [-0.1, -0.05) is 29.3 Å². The minimum atomic E-state index is -3.69. The molecule has 1 amide bonds. The van der Waals surface area contributed by atoms with Gasteiger partial charge in [0.1, 0.15) is 0 Å². The van der Waals surface area contributed by atoms with Crippen molar-refractivity contribution in [2.24, 2.45) is 0 Å². The van der Waals surface area contributed by atoms with Crippen LogP contribution in [0.15, 0.2) is 41.3 Å². The van der Waals surface area contributed by atoms with E-state index >= 15 is 0 Å². The molecule has 2 aromatic rings. The van der Waals surface area contributed by atoms with Gasteiger partial charge in [-0.2, -0.15) is 4.31 Å². The van der Waals surface area contributed by atoms with E-state index in [-0.39, 0.29) is 17.2 Å². The fraction of sp³-hybridized carbons (Fsp3) is 0.409. The van der Waals surface area contributed by atoms with E-state index in [0.29, 0.717) is 47.6 Å². The lowest BCUT2D eigenvalue weighted by Gasteiger charge is -2.27. The lowest BCUT2D eigenvalue weighted by molar-refractivity contribution is -0.115. The third-order valence-corrected chi connectivity index (χ3v) is 8.30. The normalized spacial score (nSPS) is 17.5. The van der Waals surface area contributed by atoms with Crippen molar-refractivity contribution in [3.8, 4) is 0 Å². The standard InChI is InChI=1S/C22H25Cl2N3O4S/c23-18-4-3-5-19(24)17(18)15-22(28)25-20-14-16(6-7-21(20)26-8-1-2-9-26)32(29,30)27-10-12-31-13-11-27/h3-7,14H,1-2,8-13,15H2,(H,25,28). The molecule has 1 N–H and O–H groups in total. The van der Waals surface area contributed by atoms with Crippen LogP contribution < -0.4 is 10.2 Å². The summed E-state index contributed by atoms with van der Waals surface area (Å²) >= 11 is 12.4. The molecule has 2 aromatic carbocycles. The molecule has 32 heavy (non-hydrogen) atoms. The molecule has 0 atom stereocenters. The van der Waals surface area contributed by atoms with Crippen LogP contribution in [0.1, 0.15) is 18.4 Å². The minimum absolute atomic E-state index is 0.0155. The lowest BCUT2D eigenvalue weighted by Crippen LogP contribution is -2.40. The predicted molar refractivity (Wildman–Crippen MR) is 126 cm³/mol. The van der Waals surface area contributed by atoms with Crippen LogP contribution in [0.4, 0.5) is 11.4 Å². The van der Waals surface area contributed by atoms with E-state index < -0.39 is 10.0 Å². The second-order valence-electron chi connectivity index (χ2n) is 7.81. The first-order valence-corrected chi connectivity index (χ1v) is 12.8. The Morgan fingerprint density at radius 3 is 2.31 bits per heavy atom. The highest BCUT2D eigenvalue weighted by Gasteiger charge is 2.28. The second kappa shape index (κ2) is 9.97. The Balaban J connectivity index is 1.63. The molecule has 0 bridgehead atoms. The van der Waals surface area contributed by atoms with Gasteiger partial charge in [-0.25, -0.2) is 8.42 Å². The zero-order chi connectivity index (χ0) is 22.7. The summed E-state index contributed by atoms with van der Waals surface area (Å²) in [5.74, 6) is -0.318. The molecule has 10 heteroatoms. The number of amides is 1. The molecule has 0 aliphatic carbocycles. The van der Waals surface area contributed by atoms with Crippen molar-refractivity contribution in [2.75, 3.05) is 49.6 Å². The zero-order valence-corrected chi connectivity index (χ0v) is 19.8. The summed E-state index contributed by atoms with van der Waals surface area (Å²) in [5, 5.41) is 3.73. The second-order valence-corrected chi connectivity index (χ2v) is 10.6. The molecule has 0 spiro atoms. The summed E-state index contributed by atoms with van der Waals surface area (Å²) in [6.07, 6.45) is 2.09. The van der Waals surface area contributed by atoms with Gasteiger partial charge < -0.3 is 15.0 Å². The Bertz CT molecular complexity index is 1080. The first kappa shape index (κ1) is 23.3. The van der Waals surface area contributed by atoms with Crippen LogP contribution in [0.5, 0.6) is 0 Å². The van der Waals surface area contributed by atoms with Gasteiger partial charge in [0.25, 0.3) is 0 Å². The summed E-state index contributed by atoms with van der Waals surface area (Å²) in [6, 6.07) is 10.0. The predicted octanol–water partition coefficient (Wildman–Crippen LogP) is 3.80. The van der Waals surface area contributed by atoms with Gasteiger partial charge in [-0.15, -0.1) is 0 Å². The summed E-state index contributed by atoms with van der Waals surface area (Å²) in [5.41, 5.74) is 1.81. The van der Waals surface area contributed by atoms with Crippen LogP contribution >= 0.6 is 23.2 Å². The van der Waals surface area contributed by atoms with E-state index in [9.17, 15) is 13.2 Å². The van der Waals surface area contributed by atoms with Crippen LogP contribution in [0.3, 0.4) is 0 Å². The van der Waals surface area contributed by atoms with Gasteiger partial charge in [0.2, 0.25) is 15.9 Å². The van der Waals surface area contributed by atoms with E-state index in [1.54, 1.807) is 36.4 Å². The van der Waals surface area contributed by atoms with Crippen LogP contribution in [-0.2, 0) is 26.0 Å². The maximum atomic E-state index is 13.1.